The second kappa shape index (κ2) is 7.83. The number of aliphatic hydroxyl groups is 1. The molecule has 3 atom stereocenters. The first-order chi connectivity index (χ1) is 11.7. The van der Waals surface area contributed by atoms with E-state index < -0.39 is 18.1 Å². The van der Waals surface area contributed by atoms with Crippen molar-refractivity contribution in [3.63, 3.8) is 0 Å². The average molecular weight is 369 g/mol. The molecule has 0 spiro atoms. The number of nitrogens with two attached hydrogens (primary N) is 2. The van der Waals surface area contributed by atoms with Crippen LogP contribution in [0.5, 0.6) is 0 Å². The summed E-state index contributed by atoms with van der Waals surface area (Å²) in [4.78, 5) is 25.2. The van der Waals surface area contributed by atoms with Crippen LogP contribution in [-0.2, 0) is 22.7 Å². The maximum absolute atomic E-state index is 13.2. The fourth-order valence-corrected chi connectivity index (χ4v) is 3.87. The summed E-state index contributed by atoms with van der Waals surface area (Å²) < 4.78 is -0.165. The third-order valence-electron chi connectivity index (χ3n) is 5.12. The van der Waals surface area contributed by atoms with Crippen LogP contribution in [0.3, 0.4) is 0 Å². The first-order valence-electron chi connectivity index (χ1n) is 8.59. The predicted molar refractivity (Wildman–Crippen MR) is 96.2 cm³/mol. The Morgan fingerprint density at radius 2 is 2.04 bits per heavy atom. The number of aliphatic hydroxyl groups excluding tert-OH is 1. The van der Waals surface area contributed by atoms with Gasteiger partial charge in [-0.3, -0.25) is 4.79 Å². The molecule has 0 radical (unpaired) electrons. The Morgan fingerprint density at radius 1 is 1.36 bits per heavy atom. The van der Waals surface area contributed by atoms with Gasteiger partial charge in [-0.25, -0.2) is 9.28 Å². The minimum absolute atomic E-state index is 0.165. The van der Waals surface area contributed by atoms with Gasteiger partial charge in [0.15, 0.2) is 12.1 Å². The summed E-state index contributed by atoms with van der Waals surface area (Å²) in [5.41, 5.74) is 13.1. The number of hydrogen-bond acceptors (Lipinski definition) is 4. The normalized spacial score (nSPS) is 24.5. The molecule has 1 aromatic rings. The molecule has 2 amide bonds. The van der Waals surface area contributed by atoms with E-state index in [0.717, 1.165) is 11.1 Å². The SMILES string of the molecule is CC(C)[C@@H](O)C(=O)[N+]1(Cc2cc(Cl)ccc2CN)CCC[C@H]1C(N)=O. The molecule has 6 nitrogen and oxygen atoms in total. The van der Waals surface area contributed by atoms with Gasteiger partial charge in [0.1, 0.15) is 6.54 Å². The van der Waals surface area contributed by atoms with Gasteiger partial charge in [0.25, 0.3) is 5.91 Å². The van der Waals surface area contributed by atoms with E-state index in [1.165, 1.54) is 0 Å². The quantitative estimate of drug-likeness (QED) is 0.658. The molecular weight excluding hydrogens is 342 g/mol. The Bertz CT molecular complexity index is 665. The molecule has 1 aliphatic rings. The Kier molecular flexibility index (Phi) is 6.21. The zero-order chi connectivity index (χ0) is 18.8. The molecule has 0 bridgehead atoms. The molecule has 138 valence electrons. The largest absolute Gasteiger partial charge is 0.379 e. The predicted octanol–water partition coefficient (Wildman–Crippen LogP) is 1.31. The fourth-order valence-electron chi connectivity index (χ4n) is 3.68. The van der Waals surface area contributed by atoms with Crippen LogP contribution >= 0.6 is 11.6 Å². The maximum atomic E-state index is 13.2. The minimum atomic E-state index is -1.15. The number of likely N-dealkylation sites (tertiary alicyclic amines) is 1. The van der Waals surface area contributed by atoms with Gasteiger partial charge in [0.05, 0.1) is 6.54 Å². The molecule has 5 N–H and O–H groups in total. The van der Waals surface area contributed by atoms with Crippen LogP contribution in [0.15, 0.2) is 18.2 Å². The van der Waals surface area contributed by atoms with Crippen LogP contribution in [0.25, 0.3) is 0 Å². The molecule has 0 aromatic heterocycles. The second-order valence-corrected chi connectivity index (χ2v) is 7.56. The number of nitrogens with zero attached hydrogens (tertiary/aromatic N) is 1. The second-order valence-electron chi connectivity index (χ2n) is 7.12. The summed E-state index contributed by atoms with van der Waals surface area (Å²) in [6.45, 7) is 4.57. The first kappa shape index (κ1) is 19.8. The zero-order valence-electron chi connectivity index (χ0n) is 14.7. The summed E-state index contributed by atoms with van der Waals surface area (Å²) >= 11 is 6.12. The molecule has 0 aliphatic carbocycles. The van der Waals surface area contributed by atoms with E-state index in [0.29, 0.717) is 31.0 Å². The molecule has 1 aromatic carbocycles. The lowest BCUT2D eigenvalue weighted by Crippen LogP contribution is -2.63. The molecule has 1 heterocycles. The molecule has 1 saturated heterocycles. The molecule has 1 unspecified atom stereocenters. The Labute approximate surface area is 153 Å². The average Bonchev–Trinajstić information content (AvgIpc) is 2.98. The van der Waals surface area contributed by atoms with E-state index in [2.05, 4.69) is 0 Å². The lowest BCUT2D eigenvalue weighted by atomic mass is 10.00. The van der Waals surface area contributed by atoms with Crippen molar-refractivity contribution in [2.75, 3.05) is 6.54 Å². The molecule has 2 rings (SSSR count). The Balaban J connectivity index is 2.51. The lowest BCUT2D eigenvalue weighted by molar-refractivity contribution is -0.872. The number of carbonyl (C=O) groups excluding carboxylic acids is 2. The highest BCUT2D eigenvalue weighted by atomic mass is 35.5. The van der Waals surface area contributed by atoms with E-state index in [1.54, 1.807) is 26.0 Å². The van der Waals surface area contributed by atoms with Gasteiger partial charge < -0.3 is 16.6 Å². The summed E-state index contributed by atoms with van der Waals surface area (Å²) in [5, 5.41) is 11.0. The van der Waals surface area contributed by atoms with Gasteiger partial charge in [0, 0.05) is 30.0 Å². The highest BCUT2D eigenvalue weighted by Gasteiger charge is 2.53. The fraction of sp³-hybridized carbons (Fsp3) is 0.556. The first-order valence-corrected chi connectivity index (χ1v) is 8.96. The Morgan fingerprint density at radius 3 is 2.60 bits per heavy atom. The topological polar surface area (TPSA) is 106 Å². The van der Waals surface area contributed by atoms with Gasteiger partial charge >= 0.3 is 5.91 Å². The smallest absolute Gasteiger partial charge is 0.343 e. The third kappa shape index (κ3) is 3.87. The van der Waals surface area contributed by atoms with Crippen molar-refractivity contribution in [2.45, 2.75) is 51.9 Å². The minimum Gasteiger partial charge on any atom is -0.379 e. The summed E-state index contributed by atoms with van der Waals surface area (Å²) in [6, 6.07) is 4.70. The van der Waals surface area contributed by atoms with Crippen LogP contribution in [-0.4, -0.2) is 40.1 Å². The molecular formula is C18H27ClN3O3+. The number of primary amides is 1. The van der Waals surface area contributed by atoms with Crippen molar-refractivity contribution < 1.29 is 19.2 Å². The van der Waals surface area contributed by atoms with E-state index in [9.17, 15) is 14.7 Å². The molecule has 1 aliphatic heterocycles. The van der Waals surface area contributed by atoms with Crippen LogP contribution in [0, 0.1) is 5.92 Å². The molecule has 1 fully saturated rings. The van der Waals surface area contributed by atoms with Crippen molar-refractivity contribution >= 4 is 23.4 Å². The summed E-state index contributed by atoms with van der Waals surface area (Å²) in [5.74, 6) is -1.12. The summed E-state index contributed by atoms with van der Waals surface area (Å²) in [7, 11) is 0. The van der Waals surface area contributed by atoms with Gasteiger partial charge in [-0.1, -0.05) is 31.5 Å². The van der Waals surface area contributed by atoms with Crippen molar-refractivity contribution in [3.05, 3.63) is 34.3 Å². The molecule has 25 heavy (non-hydrogen) atoms. The third-order valence-corrected chi connectivity index (χ3v) is 5.36. The monoisotopic (exact) mass is 368 g/mol. The van der Waals surface area contributed by atoms with Crippen LogP contribution < -0.4 is 11.5 Å². The number of quaternary nitrogens is 1. The maximum Gasteiger partial charge on any atom is 0.343 e. The van der Waals surface area contributed by atoms with E-state index in [4.69, 9.17) is 23.1 Å². The molecule has 0 saturated carbocycles. The van der Waals surface area contributed by atoms with Crippen molar-refractivity contribution in [1.82, 2.24) is 0 Å². The highest BCUT2D eigenvalue weighted by Crippen LogP contribution is 2.34. The number of amides is 2. The Hall–Kier alpha value is -1.47. The van der Waals surface area contributed by atoms with E-state index in [1.807, 2.05) is 6.07 Å². The van der Waals surface area contributed by atoms with Gasteiger partial charge in [-0.2, -0.15) is 0 Å². The van der Waals surface area contributed by atoms with Crippen LogP contribution in [0.4, 0.5) is 0 Å². The van der Waals surface area contributed by atoms with Crippen molar-refractivity contribution in [3.8, 4) is 0 Å². The number of carbonyl (C=O) groups is 2. The highest BCUT2D eigenvalue weighted by molar-refractivity contribution is 6.30. The van der Waals surface area contributed by atoms with Crippen molar-refractivity contribution in [1.29, 1.82) is 0 Å². The van der Waals surface area contributed by atoms with Gasteiger partial charge in [-0.05, 0) is 23.6 Å². The number of halogens is 1. The number of hydrogen-bond donors (Lipinski definition) is 3. The summed E-state index contributed by atoms with van der Waals surface area (Å²) in [6.07, 6.45) is 0.0769. The molecule has 7 heteroatoms. The van der Waals surface area contributed by atoms with Crippen LogP contribution in [0.1, 0.15) is 37.8 Å². The van der Waals surface area contributed by atoms with Crippen molar-refractivity contribution in [2.24, 2.45) is 17.4 Å². The van der Waals surface area contributed by atoms with Gasteiger partial charge in [0.2, 0.25) is 0 Å². The van der Waals surface area contributed by atoms with E-state index >= 15 is 0 Å². The zero-order valence-corrected chi connectivity index (χ0v) is 15.5. The lowest BCUT2D eigenvalue weighted by Gasteiger charge is -2.38. The number of rotatable bonds is 6. The van der Waals surface area contributed by atoms with Gasteiger partial charge in [-0.15, -0.1) is 0 Å². The van der Waals surface area contributed by atoms with E-state index in [-0.39, 0.29) is 22.9 Å². The number of benzene rings is 1. The standard InChI is InChI=1S/C18H26ClN3O3/c1-11(2)16(23)18(25)22(7-3-4-15(22)17(21)24)10-13-8-14(19)6-5-12(13)9-20/h5-6,8,11,15-16,23H,3-4,7,9-10,20H2,1-2H3,(H-,21,24)/p+1/t15-,16+,22?/m0/s1. The van der Waals surface area contributed by atoms with Crippen LogP contribution in [0.2, 0.25) is 5.02 Å².